The highest BCUT2D eigenvalue weighted by Gasteiger charge is 2.07. The number of benzene rings is 1. The summed E-state index contributed by atoms with van der Waals surface area (Å²) >= 11 is 0. The lowest BCUT2D eigenvalue weighted by atomic mass is 10.3. The summed E-state index contributed by atoms with van der Waals surface area (Å²) in [7, 11) is 1.69. The molecule has 0 radical (unpaired) electrons. The van der Waals surface area contributed by atoms with E-state index in [1.54, 1.807) is 17.7 Å². The van der Waals surface area contributed by atoms with E-state index in [0.717, 1.165) is 31.6 Å². The zero-order valence-corrected chi connectivity index (χ0v) is 10.5. The number of oxazole rings is 1. The third-order valence-electron chi connectivity index (χ3n) is 2.79. The van der Waals surface area contributed by atoms with Gasteiger partial charge in [-0.15, -0.1) is 0 Å². The average Bonchev–Trinajstić information content (AvgIpc) is 2.70. The van der Waals surface area contributed by atoms with Gasteiger partial charge in [0.15, 0.2) is 5.58 Å². The third-order valence-corrected chi connectivity index (χ3v) is 2.79. The van der Waals surface area contributed by atoms with Gasteiger partial charge >= 0.3 is 5.76 Å². The smallest absolute Gasteiger partial charge is 0.408 e. The van der Waals surface area contributed by atoms with Gasteiger partial charge in [0.1, 0.15) is 0 Å². The minimum Gasteiger partial charge on any atom is -0.408 e. The summed E-state index contributed by atoms with van der Waals surface area (Å²) in [5.74, 6) is -0.296. The second-order valence-electron chi connectivity index (χ2n) is 4.08. The van der Waals surface area contributed by atoms with Crippen LogP contribution < -0.4 is 11.1 Å². The van der Waals surface area contributed by atoms with Crippen LogP contribution in [0.1, 0.15) is 6.42 Å². The van der Waals surface area contributed by atoms with Gasteiger partial charge in [0, 0.05) is 26.8 Å². The Hall–Kier alpha value is -1.59. The highest BCUT2D eigenvalue weighted by molar-refractivity contribution is 5.72. The SMILES string of the molecule is COCCCNCCn1c(=O)oc2ccccc21. The van der Waals surface area contributed by atoms with Crippen molar-refractivity contribution in [3.8, 4) is 0 Å². The summed E-state index contributed by atoms with van der Waals surface area (Å²) in [5.41, 5.74) is 1.49. The van der Waals surface area contributed by atoms with E-state index in [2.05, 4.69) is 5.32 Å². The van der Waals surface area contributed by atoms with Crippen molar-refractivity contribution in [1.29, 1.82) is 0 Å². The lowest BCUT2D eigenvalue weighted by Gasteiger charge is -2.04. The van der Waals surface area contributed by atoms with Crippen molar-refractivity contribution < 1.29 is 9.15 Å². The molecule has 0 bridgehead atoms. The molecule has 0 saturated heterocycles. The Labute approximate surface area is 105 Å². The Bertz CT molecular complexity index is 544. The lowest BCUT2D eigenvalue weighted by molar-refractivity contribution is 0.194. The highest BCUT2D eigenvalue weighted by Crippen LogP contribution is 2.10. The van der Waals surface area contributed by atoms with E-state index in [9.17, 15) is 4.79 Å². The standard InChI is InChI=1S/C13H18N2O3/c1-17-10-4-7-14-8-9-15-11-5-2-3-6-12(11)18-13(15)16/h2-3,5-6,14H,4,7-10H2,1H3. The third kappa shape index (κ3) is 3.00. The van der Waals surface area contributed by atoms with E-state index in [1.165, 1.54) is 0 Å². The van der Waals surface area contributed by atoms with Gasteiger partial charge in [0.05, 0.1) is 5.52 Å². The van der Waals surface area contributed by atoms with Gasteiger partial charge in [0.2, 0.25) is 0 Å². The Morgan fingerprint density at radius 2 is 2.17 bits per heavy atom. The van der Waals surface area contributed by atoms with Crippen LogP contribution in [0.3, 0.4) is 0 Å². The van der Waals surface area contributed by atoms with E-state index in [1.807, 2.05) is 18.2 Å². The molecule has 0 fully saturated rings. The maximum Gasteiger partial charge on any atom is 0.419 e. The van der Waals surface area contributed by atoms with Crippen molar-refractivity contribution in [2.45, 2.75) is 13.0 Å². The predicted molar refractivity (Wildman–Crippen MR) is 69.8 cm³/mol. The number of rotatable bonds is 7. The van der Waals surface area contributed by atoms with Gasteiger partial charge in [-0.05, 0) is 25.1 Å². The Morgan fingerprint density at radius 1 is 1.33 bits per heavy atom. The first kappa shape index (κ1) is 12.9. The molecule has 0 aliphatic rings. The number of hydrogen-bond acceptors (Lipinski definition) is 4. The van der Waals surface area contributed by atoms with Crippen molar-refractivity contribution in [1.82, 2.24) is 9.88 Å². The summed E-state index contributed by atoms with van der Waals surface area (Å²) in [5, 5.41) is 3.27. The second kappa shape index (κ2) is 6.37. The Morgan fingerprint density at radius 3 is 3.00 bits per heavy atom. The Balaban J connectivity index is 1.91. The summed E-state index contributed by atoms with van der Waals surface area (Å²) in [6, 6.07) is 7.46. The molecule has 18 heavy (non-hydrogen) atoms. The van der Waals surface area contributed by atoms with E-state index < -0.39 is 0 Å². The van der Waals surface area contributed by atoms with Gasteiger partial charge in [-0.25, -0.2) is 4.79 Å². The maximum absolute atomic E-state index is 11.7. The molecule has 5 heteroatoms. The molecule has 2 rings (SSSR count). The number of fused-ring (bicyclic) bond motifs is 1. The van der Waals surface area contributed by atoms with E-state index in [0.29, 0.717) is 12.1 Å². The number of ether oxygens (including phenoxy) is 1. The number of hydrogen-bond donors (Lipinski definition) is 1. The van der Waals surface area contributed by atoms with Crippen LogP contribution in [-0.4, -0.2) is 31.4 Å². The first-order chi connectivity index (χ1) is 8.83. The molecule has 0 unspecified atom stereocenters. The van der Waals surface area contributed by atoms with Crippen molar-refractivity contribution in [3.05, 3.63) is 34.8 Å². The molecule has 5 nitrogen and oxygen atoms in total. The van der Waals surface area contributed by atoms with Crippen molar-refractivity contribution in [2.75, 3.05) is 26.8 Å². The van der Waals surface area contributed by atoms with Crippen molar-refractivity contribution in [2.24, 2.45) is 0 Å². The lowest BCUT2D eigenvalue weighted by Crippen LogP contribution is -2.25. The fourth-order valence-corrected chi connectivity index (χ4v) is 1.88. The number of nitrogens with one attached hydrogen (secondary N) is 1. The zero-order chi connectivity index (χ0) is 12.8. The number of aromatic nitrogens is 1. The van der Waals surface area contributed by atoms with Gasteiger partial charge in [0.25, 0.3) is 0 Å². The molecular formula is C13H18N2O3. The molecule has 0 atom stereocenters. The van der Waals surface area contributed by atoms with Crippen LogP contribution in [0.15, 0.2) is 33.5 Å². The minimum atomic E-state index is -0.296. The monoisotopic (exact) mass is 250 g/mol. The second-order valence-corrected chi connectivity index (χ2v) is 4.08. The molecule has 0 aliphatic carbocycles. The number of nitrogens with zero attached hydrogens (tertiary/aromatic N) is 1. The molecular weight excluding hydrogens is 232 g/mol. The molecule has 0 spiro atoms. The van der Waals surface area contributed by atoms with Crippen LogP contribution >= 0.6 is 0 Å². The maximum atomic E-state index is 11.7. The average molecular weight is 250 g/mol. The fraction of sp³-hybridized carbons (Fsp3) is 0.462. The van der Waals surface area contributed by atoms with E-state index >= 15 is 0 Å². The van der Waals surface area contributed by atoms with Crippen LogP contribution in [-0.2, 0) is 11.3 Å². The fourth-order valence-electron chi connectivity index (χ4n) is 1.88. The van der Waals surface area contributed by atoms with Crippen molar-refractivity contribution in [3.63, 3.8) is 0 Å². The summed E-state index contributed by atoms with van der Waals surface area (Å²) < 4.78 is 11.8. The topological polar surface area (TPSA) is 56.4 Å². The van der Waals surface area contributed by atoms with Gasteiger partial charge in [-0.2, -0.15) is 0 Å². The predicted octanol–water partition coefficient (Wildman–Crippen LogP) is 1.22. The van der Waals surface area contributed by atoms with Gasteiger partial charge in [-0.3, -0.25) is 4.57 Å². The molecule has 1 aromatic heterocycles. The summed E-state index contributed by atoms with van der Waals surface area (Å²) in [6.45, 7) is 3.00. The van der Waals surface area contributed by atoms with Crippen LogP contribution in [0, 0.1) is 0 Å². The summed E-state index contributed by atoms with van der Waals surface area (Å²) in [6.07, 6.45) is 0.970. The first-order valence-corrected chi connectivity index (χ1v) is 6.11. The summed E-state index contributed by atoms with van der Waals surface area (Å²) in [4.78, 5) is 11.7. The van der Waals surface area contributed by atoms with E-state index in [4.69, 9.17) is 9.15 Å². The highest BCUT2D eigenvalue weighted by atomic mass is 16.5. The molecule has 1 N–H and O–H groups in total. The molecule has 1 aromatic carbocycles. The van der Waals surface area contributed by atoms with E-state index in [-0.39, 0.29) is 5.76 Å². The zero-order valence-electron chi connectivity index (χ0n) is 10.5. The van der Waals surface area contributed by atoms with Crippen LogP contribution in [0.5, 0.6) is 0 Å². The Kier molecular flexibility index (Phi) is 4.55. The van der Waals surface area contributed by atoms with Crippen LogP contribution in [0.2, 0.25) is 0 Å². The van der Waals surface area contributed by atoms with Crippen molar-refractivity contribution >= 4 is 11.1 Å². The van der Waals surface area contributed by atoms with Crippen LogP contribution in [0.25, 0.3) is 11.1 Å². The number of methoxy groups -OCH3 is 1. The number of para-hydroxylation sites is 2. The normalized spacial score (nSPS) is 11.2. The molecule has 98 valence electrons. The first-order valence-electron chi connectivity index (χ1n) is 6.11. The van der Waals surface area contributed by atoms with Gasteiger partial charge < -0.3 is 14.5 Å². The largest absolute Gasteiger partial charge is 0.419 e. The quantitative estimate of drug-likeness (QED) is 0.751. The molecule has 2 aromatic rings. The minimum absolute atomic E-state index is 0.296. The molecule has 0 aliphatic heterocycles. The van der Waals surface area contributed by atoms with Gasteiger partial charge in [-0.1, -0.05) is 12.1 Å². The van der Waals surface area contributed by atoms with Crippen LogP contribution in [0.4, 0.5) is 0 Å². The molecule has 1 heterocycles. The molecule has 0 amide bonds. The molecule has 0 saturated carbocycles.